The summed E-state index contributed by atoms with van der Waals surface area (Å²) in [5.41, 5.74) is 2.68. The first-order valence-corrected chi connectivity index (χ1v) is 11.5. The van der Waals surface area contributed by atoms with Crippen molar-refractivity contribution in [2.75, 3.05) is 37.6 Å². The maximum atomic E-state index is 12.9. The number of likely N-dealkylation sites (tertiary alicyclic amines) is 1. The van der Waals surface area contributed by atoms with E-state index in [0.717, 1.165) is 18.7 Å². The summed E-state index contributed by atoms with van der Waals surface area (Å²) in [4.78, 5) is 31.4. The van der Waals surface area contributed by atoms with Gasteiger partial charge >= 0.3 is 0 Å². The smallest absolute Gasteiger partial charge is 0.276 e. The molecule has 1 atom stereocenters. The van der Waals surface area contributed by atoms with Crippen LogP contribution in [0.1, 0.15) is 22.5 Å². The molecular formula is C25H28N6O2. The van der Waals surface area contributed by atoms with Gasteiger partial charge in [-0.2, -0.15) is 0 Å². The Bertz CT molecular complexity index is 1090. The third kappa shape index (κ3) is 4.89. The van der Waals surface area contributed by atoms with E-state index in [4.69, 9.17) is 0 Å². The number of hydrogen-bond donors (Lipinski definition) is 0. The zero-order valence-corrected chi connectivity index (χ0v) is 18.6. The van der Waals surface area contributed by atoms with Crippen LogP contribution in [-0.4, -0.2) is 69.3 Å². The van der Waals surface area contributed by atoms with Crippen molar-refractivity contribution in [3.8, 4) is 0 Å². The lowest BCUT2D eigenvalue weighted by Gasteiger charge is -2.35. The predicted octanol–water partition coefficient (Wildman–Crippen LogP) is 2.29. The molecule has 2 amide bonds. The Hall–Kier alpha value is -3.68. The Kier molecular flexibility index (Phi) is 6.06. The lowest BCUT2D eigenvalue weighted by Crippen LogP contribution is -2.48. The average Bonchev–Trinajstić information content (AvgIpc) is 3.46. The number of anilines is 1. The van der Waals surface area contributed by atoms with Gasteiger partial charge in [0.2, 0.25) is 5.91 Å². The van der Waals surface area contributed by atoms with Crippen molar-refractivity contribution in [2.24, 2.45) is 5.92 Å². The molecule has 0 spiro atoms. The topological polar surface area (TPSA) is 74.6 Å². The number of nitrogens with zero attached hydrogens (tertiary/aromatic N) is 6. The van der Waals surface area contributed by atoms with Crippen LogP contribution < -0.4 is 4.90 Å². The van der Waals surface area contributed by atoms with Crippen molar-refractivity contribution in [1.29, 1.82) is 0 Å². The number of benzene rings is 2. The molecule has 0 aliphatic carbocycles. The van der Waals surface area contributed by atoms with Crippen LogP contribution in [0, 0.1) is 5.92 Å². The van der Waals surface area contributed by atoms with E-state index < -0.39 is 0 Å². The highest BCUT2D eigenvalue weighted by Gasteiger charge is 2.30. The molecule has 3 heterocycles. The van der Waals surface area contributed by atoms with Crippen LogP contribution in [0.15, 0.2) is 66.9 Å². The minimum absolute atomic E-state index is 0.0813. The summed E-state index contributed by atoms with van der Waals surface area (Å²) < 4.78 is 1.71. The van der Waals surface area contributed by atoms with Gasteiger partial charge in [0.25, 0.3) is 5.91 Å². The quantitative estimate of drug-likeness (QED) is 0.583. The second-order valence-corrected chi connectivity index (χ2v) is 8.77. The third-order valence-corrected chi connectivity index (χ3v) is 6.40. The van der Waals surface area contributed by atoms with E-state index in [0.29, 0.717) is 44.8 Å². The number of amides is 2. The van der Waals surface area contributed by atoms with Gasteiger partial charge in [-0.15, -0.1) is 5.10 Å². The molecule has 2 fully saturated rings. The number of aromatic nitrogens is 3. The van der Waals surface area contributed by atoms with Gasteiger partial charge in [0, 0.05) is 63.8 Å². The van der Waals surface area contributed by atoms with Gasteiger partial charge in [0.05, 0.1) is 6.20 Å². The highest BCUT2D eigenvalue weighted by atomic mass is 16.2. The summed E-state index contributed by atoms with van der Waals surface area (Å²) in [6.45, 7) is 4.82. The fourth-order valence-corrected chi connectivity index (χ4v) is 4.65. The molecule has 0 N–H and O–H groups in total. The van der Waals surface area contributed by atoms with Crippen LogP contribution in [0.4, 0.5) is 5.69 Å². The van der Waals surface area contributed by atoms with Crippen molar-refractivity contribution < 1.29 is 9.59 Å². The van der Waals surface area contributed by atoms with E-state index in [1.165, 1.54) is 5.69 Å². The van der Waals surface area contributed by atoms with E-state index >= 15 is 0 Å². The van der Waals surface area contributed by atoms with Gasteiger partial charge in [0.1, 0.15) is 0 Å². The fraction of sp³-hybridized carbons (Fsp3) is 0.360. The monoisotopic (exact) mass is 444 g/mol. The molecule has 2 aromatic carbocycles. The first-order valence-electron chi connectivity index (χ1n) is 11.5. The molecular weight excluding hydrogens is 416 g/mol. The summed E-state index contributed by atoms with van der Waals surface area (Å²) in [6.07, 6.45) is 2.22. The second-order valence-electron chi connectivity index (χ2n) is 8.77. The lowest BCUT2D eigenvalue weighted by molar-refractivity contribution is -0.128. The van der Waals surface area contributed by atoms with E-state index in [1.807, 2.05) is 58.3 Å². The SMILES string of the molecule is O=C1CC(Cn2cc(C(=O)N3CCN(c4ccccc4)CC3)nn2)CN1Cc1ccccc1. The Balaban J connectivity index is 1.14. The molecule has 1 aromatic heterocycles. The van der Waals surface area contributed by atoms with Crippen molar-refractivity contribution in [1.82, 2.24) is 24.8 Å². The maximum Gasteiger partial charge on any atom is 0.276 e. The molecule has 33 heavy (non-hydrogen) atoms. The molecule has 0 saturated carbocycles. The zero-order chi connectivity index (χ0) is 22.6. The van der Waals surface area contributed by atoms with Gasteiger partial charge in [-0.25, -0.2) is 0 Å². The standard InChI is InChI=1S/C25H28N6O2/c32-24-15-21(17-30(24)16-20-7-3-1-4-8-20)18-31-19-23(26-27-31)25(33)29-13-11-28(12-14-29)22-9-5-2-6-10-22/h1-10,19,21H,11-18H2. The van der Waals surface area contributed by atoms with Gasteiger partial charge in [0.15, 0.2) is 5.69 Å². The Labute approximate surface area is 193 Å². The Morgan fingerprint density at radius 1 is 0.939 bits per heavy atom. The maximum absolute atomic E-state index is 12.9. The van der Waals surface area contributed by atoms with E-state index in [2.05, 4.69) is 27.3 Å². The average molecular weight is 445 g/mol. The number of hydrogen-bond acceptors (Lipinski definition) is 5. The first kappa shape index (κ1) is 21.2. The van der Waals surface area contributed by atoms with Crippen LogP contribution in [0.3, 0.4) is 0 Å². The van der Waals surface area contributed by atoms with Crippen LogP contribution in [0.2, 0.25) is 0 Å². The minimum atomic E-state index is -0.0813. The molecule has 170 valence electrons. The van der Waals surface area contributed by atoms with Crippen molar-refractivity contribution in [2.45, 2.75) is 19.5 Å². The van der Waals surface area contributed by atoms with Gasteiger partial charge < -0.3 is 14.7 Å². The third-order valence-electron chi connectivity index (χ3n) is 6.40. The lowest BCUT2D eigenvalue weighted by atomic mass is 10.1. The summed E-state index contributed by atoms with van der Waals surface area (Å²) in [7, 11) is 0. The first-order chi connectivity index (χ1) is 16.2. The number of carbonyl (C=O) groups is 2. The summed E-state index contributed by atoms with van der Waals surface area (Å²) in [5.74, 6) is 0.249. The predicted molar refractivity (Wildman–Crippen MR) is 125 cm³/mol. The number of para-hydroxylation sites is 1. The number of carbonyl (C=O) groups excluding carboxylic acids is 2. The van der Waals surface area contributed by atoms with Crippen LogP contribution in [-0.2, 0) is 17.9 Å². The summed E-state index contributed by atoms with van der Waals surface area (Å²) >= 11 is 0. The fourth-order valence-electron chi connectivity index (χ4n) is 4.65. The largest absolute Gasteiger partial charge is 0.368 e. The van der Waals surface area contributed by atoms with E-state index in [9.17, 15) is 9.59 Å². The molecule has 2 saturated heterocycles. The molecule has 2 aliphatic rings. The highest BCUT2D eigenvalue weighted by molar-refractivity contribution is 5.92. The molecule has 8 heteroatoms. The molecule has 1 unspecified atom stereocenters. The normalized spacial score (nSPS) is 18.7. The number of piperazine rings is 1. The molecule has 8 nitrogen and oxygen atoms in total. The van der Waals surface area contributed by atoms with Crippen molar-refractivity contribution in [3.63, 3.8) is 0 Å². The minimum Gasteiger partial charge on any atom is -0.368 e. The zero-order valence-electron chi connectivity index (χ0n) is 18.6. The van der Waals surface area contributed by atoms with E-state index in [1.54, 1.807) is 10.9 Å². The summed E-state index contributed by atoms with van der Waals surface area (Å²) in [6, 6.07) is 20.3. The number of rotatable bonds is 6. The molecule has 5 rings (SSSR count). The van der Waals surface area contributed by atoms with Gasteiger partial charge in [-0.1, -0.05) is 53.7 Å². The van der Waals surface area contributed by atoms with E-state index in [-0.39, 0.29) is 17.7 Å². The molecule has 2 aliphatic heterocycles. The summed E-state index contributed by atoms with van der Waals surface area (Å²) in [5, 5.41) is 8.30. The van der Waals surface area contributed by atoms with Crippen molar-refractivity contribution in [3.05, 3.63) is 78.1 Å². The highest BCUT2D eigenvalue weighted by Crippen LogP contribution is 2.22. The van der Waals surface area contributed by atoms with Gasteiger partial charge in [-0.3, -0.25) is 14.3 Å². The van der Waals surface area contributed by atoms with Crippen molar-refractivity contribution >= 4 is 17.5 Å². The second kappa shape index (κ2) is 9.44. The van der Waals surface area contributed by atoms with Crippen LogP contribution >= 0.6 is 0 Å². The van der Waals surface area contributed by atoms with Crippen LogP contribution in [0.5, 0.6) is 0 Å². The molecule has 3 aromatic rings. The van der Waals surface area contributed by atoms with Crippen LogP contribution in [0.25, 0.3) is 0 Å². The Morgan fingerprint density at radius 2 is 1.64 bits per heavy atom. The molecule has 0 radical (unpaired) electrons. The van der Waals surface area contributed by atoms with Gasteiger partial charge in [-0.05, 0) is 17.7 Å². The molecule has 0 bridgehead atoms. The Morgan fingerprint density at radius 3 is 2.36 bits per heavy atom.